The van der Waals surface area contributed by atoms with E-state index in [-0.39, 0.29) is 11.1 Å². The number of nitrogens with zero attached hydrogens (tertiary/aromatic N) is 3. The number of aromatic nitrogens is 2. The zero-order valence-electron chi connectivity index (χ0n) is 10.2. The molecule has 1 aliphatic heterocycles. The monoisotopic (exact) mass is 257 g/mol. The molecule has 0 atom stereocenters. The molecule has 0 amide bonds. The van der Waals surface area contributed by atoms with Gasteiger partial charge in [0.25, 0.3) is 5.56 Å². The summed E-state index contributed by atoms with van der Waals surface area (Å²) in [5.74, 6) is 0. The highest BCUT2D eigenvalue weighted by atomic mass is 35.5. The topological polar surface area (TPSA) is 47.4 Å². The molecule has 5 nitrogen and oxygen atoms in total. The minimum absolute atomic E-state index is 0.135. The summed E-state index contributed by atoms with van der Waals surface area (Å²) < 4.78 is 6.70. The van der Waals surface area contributed by atoms with E-state index in [0.29, 0.717) is 30.6 Å². The highest BCUT2D eigenvalue weighted by Crippen LogP contribution is 2.25. The maximum Gasteiger partial charge on any atom is 0.290 e. The lowest BCUT2D eigenvalue weighted by Crippen LogP contribution is -2.55. The average Bonchev–Trinajstić information content (AvgIpc) is 2.23. The Morgan fingerprint density at radius 2 is 2.24 bits per heavy atom. The molecule has 0 spiro atoms. The first kappa shape index (κ1) is 12.4. The Labute approximate surface area is 105 Å². The number of hydrogen-bond donors (Lipinski definition) is 0. The number of ether oxygens (including phenoxy) is 1. The third kappa shape index (κ3) is 2.30. The second kappa shape index (κ2) is 4.31. The molecule has 1 aromatic heterocycles. The Morgan fingerprint density at radius 1 is 1.53 bits per heavy atom. The van der Waals surface area contributed by atoms with Crippen LogP contribution in [-0.2, 0) is 11.8 Å². The van der Waals surface area contributed by atoms with Crippen molar-refractivity contribution in [3.63, 3.8) is 0 Å². The molecule has 2 rings (SSSR count). The third-order valence-electron chi connectivity index (χ3n) is 2.95. The molecule has 1 aromatic rings. The van der Waals surface area contributed by atoms with Crippen LogP contribution in [0.25, 0.3) is 0 Å². The smallest absolute Gasteiger partial charge is 0.290 e. The van der Waals surface area contributed by atoms with E-state index in [1.165, 1.54) is 4.68 Å². The first-order valence-electron chi connectivity index (χ1n) is 5.51. The summed E-state index contributed by atoms with van der Waals surface area (Å²) in [5, 5.41) is 4.21. The average molecular weight is 258 g/mol. The van der Waals surface area contributed by atoms with Gasteiger partial charge in [-0.05, 0) is 13.8 Å². The van der Waals surface area contributed by atoms with E-state index in [0.717, 1.165) is 0 Å². The molecule has 1 fully saturated rings. The SMILES string of the molecule is Cn1nc(Cl)cc(N2CCOCC2(C)C)c1=O. The fourth-order valence-electron chi connectivity index (χ4n) is 2.06. The van der Waals surface area contributed by atoms with Gasteiger partial charge in [0.05, 0.1) is 18.8 Å². The Morgan fingerprint density at radius 3 is 2.88 bits per heavy atom. The quantitative estimate of drug-likeness (QED) is 0.755. The van der Waals surface area contributed by atoms with Crippen LogP contribution in [0.4, 0.5) is 5.69 Å². The van der Waals surface area contributed by atoms with Crippen molar-refractivity contribution in [3.05, 3.63) is 21.6 Å². The van der Waals surface area contributed by atoms with Gasteiger partial charge >= 0.3 is 0 Å². The van der Waals surface area contributed by atoms with E-state index in [1.807, 2.05) is 18.7 Å². The molecule has 6 heteroatoms. The van der Waals surface area contributed by atoms with Crippen molar-refractivity contribution in [2.24, 2.45) is 7.05 Å². The molecule has 0 N–H and O–H groups in total. The van der Waals surface area contributed by atoms with Crippen LogP contribution in [0.1, 0.15) is 13.8 Å². The zero-order valence-corrected chi connectivity index (χ0v) is 11.0. The molecule has 94 valence electrons. The normalized spacial score (nSPS) is 19.4. The van der Waals surface area contributed by atoms with Gasteiger partial charge in [-0.1, -0.05) is 11.6 Å². The minimum atomic E-state index is -0.213. The summed E-state index contributed by atoms with van der Waals surface area (Å²) in [6, 6.07) is 1.62. The third-order valence-corrected chi connectivity index (χ3v) is 3.14. The maximum absolute atomic E-state index is 12.1. The number of anilines is 1. The van der Waals surface area contributed by atoms with E-state index in [4.69, 9.17) is 16.3 Å². The first-order valence-corrected chi connectivity index (χ1v) is 5.89. The Bertz CT molecular complexity index is 484. The number of aryl methyl sites for hydroxylation is 1. The second-order valence-electron chi connectivity index (χ2n) is 4.80. The van der Waals surface area contributed by atoms with Crippen molar-refractivity contribution in [1.29, 1.82) is 0 Å². The van der Waals surface area contributed by atoms with Crippen LogP contribution in [-0.4, -0.2) is 35.1 Å². The summed E-state index contributed by atoms with van der Waals surface area (Å²) in [6.07, 6.45) is 0. The molecule has 2 heterocycles. The van der Waals surface area contributed by atoms with Crippen LogP contribution in [0.2, 0.25) is 5.15 Å². The number of rotatable bonds is 1. The molecule has 1 aliphatic rings. The highest BCUT2D eigenvalue weighted by Gasteiger charge is 2.32. The molecule has 0 saturated carbocycles. The fourth-order valence-corrected chi connectivity index (χ4v) is 2.27. The van der Waals surface area contributed by atoms with Crippen molar-refractivity contribution in [3.8, 4) is 0 Å². The van der Waals surface area contributed by atoms with Crippen LogP contribution in [0.5, 0.6) is 0 Å². The predicted octanol–water partition coefficient (Wildman–Crippen LogP) is 1.05. The standard InChI is InChI=1S/C11H16ClN3O2/c1-11(2)7-17-5-4-15(11)8-6-9(12)13-14(3)10(8)16/h6H,4-5,7H2,1-3H3. The molecule has 1 saturated heterocycles. The minimum Gasteiger partial charge on any atom is -0.377 e. The van der Waals surface area contributed by atoms with E-state index in [9.17, 15) is 4.79 Å². The second-order valence-corrected chi connectivity index (χ2v) is 5.18. The molecular weight excluding hydrogens is 242 g/mol. The van der Waals surface area contributed by atoms with Gasteiger partial charge in [-0.3, -0.25) is 4.79 Å². The van der Waals surface area contributed by atoms with Crippen LogP contribution in [0.3, 0.4) is 0 Å². The highest BCUT2D eigenvalue weighted by molar-refractivity contribution is 6.29. The van der Waals surface area contributed by atoms with Crippen molar-refractivity contribution < 1.29 is 4.74 Å². The van der Waals surface area contributed by atoms with Crippen LogP contribution in [0, 0.1) is 0 Å². The Kier molecular flexibility index (Phi) is 3.14. The first-order chi connectivity index (χ1) is 7.92. The lowest BCUT2D eigenvalue weighted by Gasteiger charge is -2.43. The zero-order chi connectivity index (χ0) is 12.6. The molecule has 0 bridgehead atoms. The molecule has 17 heavy (non-hydrogen) atoms. The molecule has 0 unspecified atom stereocenters. The van der Waals surface area contributed by atoms with E-state index >= 15 is 0 Å². The van der Waals surface area contributed by atoms with Crippen LogP contribution >= 0.6 is 11.6 Å². The summed E-state index contributed by atoms with van der Waals surface area (Å²) in [6.45, 7) is 5.98. The van der Waals surface area contributed by atoms with E-state index < -0.39 is 0 Å². The lowest BCUT2D eigenvalue weighted by molar-refractivity contribution is 0.0641. The Hall–Kier alpha value is -1.07. The van der Waals surface area contributed by atoms with Crippen molar-refractivity contribution in [2.45, 2.75) is 19.4 Å². The van der Waals surface area contributed by atoms with Crippen LogP contribution < -0.4 is 10.5 Å². The molecule has 0 aromatic carbocycles. The number of hydrogen-bond acceptors (Lipinski definition) is 4. The van der Waals surface area contributed by atoms with Crippen LogP contribution in [0.15, 0.2) is 10.9 Å². The molecule has 0 radical (unpaired) electrons. The van der Waals surface area contributed by atoms with Gasteiger partial charge in [0.1, 0.15) is 5.69 Å². The predicted molar refractivity (Wildman–Crippen MR) is 66.7 cm³/mol. The van der Waals surface area contributed by atoms with Gasteiger partial charge in [-0.15, -0.1) is 0 Å². The molecule has 0 aliphatic carbocycles. The summed E-state index contributed by atoms with van der Waals surface area (Å²) in [4.78, 5) is 14.1. The number of halogens is 1. The van der Waals surface area contributed by atoms with Gasteiger partial charge in [-0.25, -0.2) is 4.68 Å². The van der Waals surface area contributed by atoms with Gasteiger partial charge in [0.2, 0.25) is 0 Å². The maximum atomic E-state index is 12.1. The van der Waals surface area contributed by atoms with Crippen molar-refractivity contribution in [2.75, 3.05) is 24.7 Å². The van der Waals surface area contributed by atoms with Gasteiger partial charge in [0.15, 0.2) is 5.15 Å². The summed E-state index contributed by atoms with van der Waals surface area (Å²) in [5.41, 5.74) is 0.236. The largest absolute Gasteiger partial charge is 0.377 e. The summed E-state index contributed by atoms with van der Waals surface area (Å²) in [7, 11) is 1.60. The van der Waals surface area contributed by atoms with Gasteiger partial charge < -0.3 is 9.64 Å². The van der Waals surface area contributed by atoms with Crippen molar-refractivity contribution in [1.82, 2.24) is 9.78 Å². The van der Waals surface area contributed by atoms with E-state index in [2.05, 4.69) is 5.10 Å². The fraction of sp³-hybridized carbons (Fsp3) is 0.636. The van der Waals surface area contributed by atoms with E-state index in [1.54, 1.807) is 13.1 Å². The lowest BCUT2D eigenvalue weighted by atomic mass is 10.0. The van der Waals surface area contributed by atoms with Gasteiger partial charge in [-0.2, -0.15) is 5.10 Å². The summed E-state index contributed by atoms with van der Waals surface area (Å²) >= 11 is 5.91. The molecular formula is C11H16ClN3O2. The Balaban J connectivity index is 2.49. The van der Waals surface area contributed by atoms with Gasteiger partial charge in [0, 0.05) is 19.7 Å². The number of morpholine rings is 1. The van der Waals surface area contributed by atoms with Crippen molar-refractivity contribution >= 4 is 17.3 Å².